The van der Waals surface area contributed by atoms with Gasteiger partial charge in [0.25, 0.3) is 0 Å². The number of carbonyl (C=O) groups is 4. The molecule has 0 aromatic rings. The van der Waals surface area contributed by atoms with Crippen LogP contribution in [0.5, 0.6) is 0 Å². The predicted octanol–water partition coefficient (Wildman–Crippen LogP) is 1.24. The fourth-order valence-electron chi connectivity index (χ4n) is 8.25. The molecule has 204 valence electrons. The highest BCUT2D eigenvalue weighted by Gasteiger charge is 2.64. The van der Waals surface area contributed by atoms with E-state index in [4.69, 9.17) is 23.5 Å². The van der Waals surface area contributed by atoms with Gasteiger partial charge in [0.15, 0.2) is 6.61 Å². The fraction of sp³-hybridized carbons (Fsp3) is 0.826. The van der Waals surface area contributed by atoms with Crippen molar-refractivity contribution in [2.45, 2.75) is 68.5 Å². The summed E-state index contributed by atoms with van der Waals surface area (Å²) < 4.78 is 79.0. The van der Waals surface area contributed by atoms with Crippen LogP contribution in [0.25, 0.3) is 0 Å². The number of carbonyl (C=O) groups excluding carboxylic acids is 4. The molecule has 0 spiro atoms. The van der Waals surface area contributed by atoms with Gasteiger partial charge < -0.3 is 18.9 Å². The molecule has 11 nitrogen and oxygen atoms in total. The van der Waals surface area contributed by atoms with E-state index in [0.717, 1.165) is 6.42 Å². The summed E-state index contributed by atoms with van der Waals surface area (Å²) in [6, 6.07) is 0. The standard InChI is InChI=1S/C23H26F2O11S/c24-23(25,37(30,31)32)21(29)36-16-11-1-9-2-12(16)7-22(5-9,6-11)20(28)33-8-15(26)34-17-10-3-13-14(4-10)19(27)35-18(13)17/h9-14,16-18H,1-8H2,(H,30,31,32). The van der Waals surface area contributed by atoms with Crippen LogP contribution < -0.4 is 0 Å². The molecule has 37 heavy (non-hydrogen) atoms. The third-order valence-electron chi connectivity index (χ3n) is 9.43. The molecule has 1 saturated heterocycles. The summed E-state index contributed by atoms with van der Waals surface area (Å²) in [5, 5.41) is -5.09. The van der Waals surface area contributed by atoms with Gasteiger partial charge in [-0.15, -0.1) is 0 Å². The summed E-state index contributed by atoms with van der Waals surface area (Å²) in [6.07, 6.45) is 1.22. The van der Waals surface area contributed by atoms with Gasteiger partial charge in [-0.1, -0.05) is 0 Å². The van der Waals surface area contributed by atoms with Gasteiger partial charge in [0.05, 0.1) is 11.3 Å². The van der Waals surface area contributed by atoms with Gasteiger partial charge in [-0.25, -0.2) is 9.59 Å². The van der Waals surface area contributed by atoms with Gasteiger partial charge in [-0.05, 0) is 62.7 Å². The highest BCUT2D eigenvalue weighted by Crippen LogP contribution is 2.61. The van der Waals surface area contributed by atoms with Crippen molar-refractivity contribution in [2.75, 3.05) is 6.61 Å². The van der Waals surface area contributed by atoms with Gasteiger partial charge >= 0.3 is 39.2 Å². The maximum atomic E-state index is 13.7. The number of esters is 4. The minimum absolute atomic E-state index is 0.0436. The molecule has 0 aromatic carbocycles. The van der Waals surface area contributed by atoms with Crippen molar-refractivity contribution < 1.29 is 59.9 Å². The van der Waals surface area contributed by atoms with E-state index in [2.05, 4.69) is 0 Å². The molecule has 0 aromatic heterocycles. The summed E-state index contributed by atoms with van der Waals surface area (Å²) in [4.78, 5) is 49.3. The molecule has 7 rings (SSSR count). The normalized spacial score (nSPS) is 43.0. The summed E-state index contributed by atoms with van der Waals surface area (Å²) in [5.41, 5.74) is -0.966. The van der Waals surface area contributed by atoms with Gasteiger partial charge in [-0.3, -0.25) is 14.1 Å². The molecule has 6 bridgehead atoms. The van der Waals surface area contributed by atoms with Crippen molar-refractivity contribution in [1.82, 2.24) is 0 Å². The van der Waals surface area contributed by atoms with Crippen molar-refractivity contribution in [3.8, 4) is 0 Å². The van der Waals surface area contributed by atoms with Crippen molar-refractivity contribution in [3.63, 3.8) is 0 Å². The second-order valence-electron chi connectivity index (χ2n) is 11.5. The molecule has 6 saturated carbocycles. The highest BCUT2D eigenvalue weighted by molar-refractivity contribution is 7.87. The number of ether oxygens (including phenoxy) is 4. The Morgan fingerprint density at radius 1 is 1.00 bits per heavy atom. The van der Waals surface area contributed by atoms with Gasteiger partial charge in [0.1, 0.15) is 18.3 Å². The summed E-state index contributed by atoms with van der Waals surface area (Å²) in [5.74, 6) is -4.84. The zero-order valence-electron chi connectivity index (χ0n) is 19.5. The first-order chi connectivity index (χ1) is 17.3. The van der Waals surface area contributed by atoms with Crippen LogP contribution in [0.4, 0.5) is 8.78 Å². The Balaban J connectivity index is 1.06. The van der Waals surface area contributed by atoms with E-state index < -0.39 is 75.5 Å². The molecule has 0 radical (unpaired) electrons. The van der Waals surface area contributed by atoms with E-state index in [1.165, 1.54) is 0 Å². The number of fused-ring (bicyclic) bond motifs is 1. The van der Waals surface area contributed by atoms with Gasteiger partial charge in [0.2, 0.25) is 0 Å². The van der Waals surface area contributed by atoms with E-state index in [1.807, 2.05) is 0 Å². The first-order valence-corrected chi connectivity index (χ1v) is 13.9. The predicted molar refractivity (Wildman–Crippen MR) is 113 cm³/mol. The third-order valence-corrected chi connectivity index (χ3v) is 10.2. The van der Waals surface area contributed by atoms with E-state index in [0.29, 0.717) is 25.7 Å². The molecular weight excluding hydrogens is 522 g/mol. The van der Waals surface area contributed by atoms with E-state index in [-0.39, 0.29) is 42.5 Å². The lowest BCUT2D eigenvalue weighted by Crippen LogP contribution is -2.58. The molecule has 6 aliphatic carbocycles. The quantitative estimate of drug-likeness (QED) is 0.277. The van der Waals surface area contributed by atoms with Crippen LogP contribution in [0.15, 0.2) is 0 Å². The maximum Gasteiger partial charge on any atom is 0.465 e. The molecule has 7 fully saturated rings. The Kier molecular flexibility index (Phi) is 5.45. The van der Waals surface area contributed by atoms with E-state index >= 15 is 0 Å². The number of hydrogen-bond acceptors (Lipinski definition) is 10. The maximum absolute atomic E-state index is 13.7. The monoisotopic (exact) mass is 548 g/mol. The summed E-state index contributed by atoms with van der Waals surface area (Å²) in [6.45, 7) is -0.614. The summed E-state index contributed by atoms with van der Waals surface area (Å²) in [7, 11) is -5.99. The number of hydrogen-bond donors (Lipinski definition) is 1. The number of alkyl halides is 2. The van der Waals surface area contributed by atoms with Crippen LogP contribution >= 0.6 is 0 Å². The van der Waals surface area contributed by atoms with Crippen LogP contribution in [0.1, 0.15) is 44.9 Å². The third kappa shape index (κ3) is 3.76. The number of rotatable bonds is 7. The highest BCUT2D eigenvalue weighted by atomic mass is 32.2. The Morgan fingerprint density at radius 3 is 2.32 bits per heavy atom. The lowest BCUT2D eigenvalue weighted by atomic mass is 9.48. The van der Waals surface area contributed by atoms with Crippen molar-refractivity contribution in [3.05, 3.63) is 0 Å². The Labute approximate surface area is 210 Å². The molecule has 1 aliphatic heterocycles. The average molecular weight is 549 g/mol. The second kappa shape index (κ2) is 8.08. The molecular formula is C23H26F2O11S. The molecule has 14 heteroatoms. The second-order valence-corrected chi connectivity index (χ2v) is 13.0. The SMILES string of the molecule is O=C(COC(=O)C12CC3CC(C1)C(OC(=O)C(F)(F)S(=O)(=O)O)C(C3)C2)OC1C2CC3C(=O)OC1C3C2. The number of halogens is 2. The van der Waals surface area contributed by atoms with E-state index in [9.17, 15) is 36.4 Å². The largest absolute Gasteiger partial charge is 0.465 e. The Hall–Kier alpha value is -2.35. The van der Waals surface area contributed by atoms with Crippen LogP contribution in [0, 0.1) is 40.9 Å². The average Bonchev–Trinajstić information content (AvgIpc) is 3.44. The zero-order valence-corrected chi connectivity index (χ0v) is 20.4. The summed E-state index contributed by atoms with van der Waals surface area (Å²) >= 11 is 0. The van der Waals surface area contributed by atoms with E-state index in [1.54, 1.807) is 0 Å². The molecule has 1 heterocycles. The van der Waals surface area contributed by atoms with Crippen molar-refractivity contribution in [2.24, 2.45) is 40.9 Å². The Bertz CT molecular complexity index is 1150. The van der Waals surface area contributed by atoms with Crippen molar-refractivity contribution in [1.29, 1.82) is 0 Å². The lowest BCUT2D eigenvalue weighted by Gasteiger charge is -2.57. The molecule has 7 unspecified atom stereocenters. The Morgan fingerprint density at radius 2 is 1.68 bits per heavy atom. The molecule has 0 amide bonds. The van der Waals surface area contributed by atoms with Gasteiger partial charge in [0, 0.05) is 11.8 Å². The fourth-order valence-corrected chi connectivity index (χ4v) is 8.50. The topological polar surface area (TPSA) is 160 Å². The molecule has 7 atom stereocenters. The van der Waals surface area contributed by atoms with Crippen LogP contribution in [0.2, 0.25) is 0 Å². The van der Waals surface area contributed by atoms with Crippen LogP contribution in [-0.4, -0.2) is 67.0 Å². The van der Waals surface area contributed by atoms with Crippen LogP contribution in [0.3, 0.4) is 0 Å². The lowest BCUT2D eigenvalue weighted by molar-refractivity contribution is -0.204. The van der Waals surface area contributed by atoms with Crippen LogP contribution in [-0.2, 0) is 48.2 Å². The first-order valence-electron chi connectivity index (χ1n) is 12.4. The molecule has 1 N–H and O–H groups in total. The van der Waals surface area contributed by atoms with Gasteiger partial charge in [-0.2, -0.15) is 17.2 Å². The smallest absolute Gasteiger partial charge is 0.458 e. The molecule has 7 aliphatic rings. The first kappa shape index (κ1) is 25.0. The van der Waals surface area contributed by atoms with Crippen molar-refractivity contribution >= 4 is 34.0 Å². The minimum Gasteiger partial charge on any atom is -0.458 e. The minimum atomic E-state index is -5.99. The zero-order chi connectivity index (χ0) is 26.5.